The molecule has 1 aliphatic heterocycles. The van der Waals surface area contributed by atoms with Gasteiger partial charge in [-0.3, -0.25) is 4.90 Å². The van der Waals surface area contributed by atoms with E-state index in [-0.39, 0.29) is 18.2 Å². The van der Waals surface area contributed by atoms with Crippen molar-refractivity contribution in [3.8, 4) is 0 Å². The molecule has 26 heavy (non-hydrogen) atoms. The number of nitrogens with zero attached hydrogens (tertiary/aromatic N) is 1. The lowest BCUT2D eigenvalue weighted by atomic mass is 9.95. The summed E-state index contributed by atoms with van der Waals surface area (Å²) in [4.78, 5) is 14.4. The van der Waals surface area contributed by atoms with Crippen molar-refractivity contribution in [1.82, 2.24) is 4.90 Å². The van der Waals surface area contributed by atoms with Gasteiger partial charge in [-0.15, -0.1) is 0 Å². The Morgan fingerprint density at radius 1 is 1.15 bits per heavy atom. The Morgan fingerprint density at radius 2 is 1.88 bits per heavy atom. The van der Waals surface area contributed by atoms with Crippen molar-refractivity contribution in [3.63, 3.8) is 0 Å². The number of benzene rings is 2. The number of hydrogen-bond donors (Lipinski definition) is 0. The quantitative estimate of drug-likeness (QED) is 0.777. The summed E-state index contributed by atoms with van der Waals surface area (Å²) >= 11 is 0. The van der Waals surface area contributed by atoms with Crippen molar-refractivity contribution in [2.24, 2.45) is 0 Å². The second-order valence-corrected chi connectivity index (χ2v) is 7.13. The largest absolute Gasteiger partial charge is 0.465 e. The number of methoxy groups -OCH3 is 1. The third kappa shape index (κ3) is 4.14. The van der Waals surface area contributed by atoms with Crippen LogP contribution in [0.5, 0.6) is 0 Å². The van der Waals surface area contributed by atoms with Crippen molar-refractivity contribution in [2.75, 3.05) is 20.2 Å². The molecule has 0 aliphatic carbocycles. The summed E-state index contributed by atoms with van der Waals surface area (Å²) in [6.45, 7) is 8.79. The molecular weight excluding hydrogens is 326 g/mol. The molecule has 4 heteroatoms. The topological polar surface area (TPSA) is 38.8 Å². The average Bonchev–Trinajstić information content (AvgIpc) is 2.63. The molecule has 0 N–H and O–H groups in total. The van der Waals surface area contributed by atoms with Gasteiger partial charge in [0.25, 0.3) is 0 Å². The van der Waals surface area contributed by atoms with Crippen molar-refractivity contribution in [3.05, 3.63) is 70.3 Å². The predicted molar refractivity (Wildman–Crippen MR) is 102 cm³/mol. The Hall–Kier alpha value is -2.17. The standard InChI is InChI=1S/C22H27NO3/c1-15-11-20(22(24)25-4)16(2)10-19(15)21-14-23(12-17(3)26-21)13-18-8-6-5-7-9-18/h5-11,17,21H,12-14H2,1-4H3/t17-,21-/m0/s1. The zero-order valence-electron chi connectivity index (χ0n) is 16.0. The third-order valence-corrected chi connectivity index (χ3v) is 4.95. The first-order valence-electron chi connectivity index (χ1n) is 9.09. The molecule has 2 aromatic rings. The van der Waals surface area contributed by atoms with Gasteiger partial charge in [0.2, 0.25) is 0 Å². The van der Waals surface area contributed by atoms with Gasteiger partial charge < -0.3 is 9.47 Å². The Kier molecular flexibility index (Phi) is 5.74. The fourth-order valence-corrected chi connectivity index (χ4v) is 3.70. The van der Waals surface area contributed by atoms with Crippen LogP contribution in [-0.4, -0.2) is 37.2 Å². The van der Waals surface area contributed by atoms with Gasteiger partial charge in [-0.25, -0.2) is 4.79 Å². The van der Waals surface area contributed by atoms with Gasteiger partial charge in [-0.2, -0.15) is 0 Å². The van der Waals surface area contributed by atoms with Crippen LogP contribution in [0.2, 0.25) is 0 Å². The number of carbonyl (C=O) groups is 1. The van der Waals surface area contributed by atoms with Gasteiger partial charge in [-0.1, -0.05) is 36.4 Å². The maximum absolute atomic E-state index is 11.9. The molecule has 0 saturated carbocycles. The first kappa shape index (κ1) is 18.6. The van der Waals surface area contributed by atoms with E-state index in [4.69, 9.17) is 9.47 Å². The maximum Gasteiger partial charge on any atom is 0.338 e. The molecule has 138 valence electrons. The predicted octanol–water partition coefficient (Wildman–Crippen LogP) is 4.05. The van der Waals surface area contributed by atoms with E-state index >= 15 is 0 Å². The molecule has 1 fully saturated rings. The lowest BCUT2D eigenvalue weighted by Gasteiger charge is -2.37. The smallest absolute Gasteiger partial charge is 0.338 e. The van der Waals surface area contributed by atoms with Gasteiger partial charge in [0, 0.05) is 19.6 Å². The van der Waals surface area contributed by atoms with E-state index < -0.39 is 0 Å². The highest BCUT2D eigenvalue weighted by Gasteiger charge is 2.28. The summed E-state index contributed by atoms with van der Waals surface area (Å²) in [5.41, 5.74) is 5.08. The lowest BCUT2D eigenvalue weighted by molar-refractivity contribution is -0.0816. The van der Waals surface area contributed by atoms with Gasteiger partial charge in [0.1, 0.15) is 0 Å². The highest BCUT2D eigenvalue weighted by molar-refractivity contribution is 5.91. The Bertz CT molecular complexity index is 772. The maximum atomic E-state index is 11.9. The number of morpholine rings is 1. The first-order chi connectivity index (χ1) is 12.5. The van der Waals surface area contributed by atoms with Crippen LogP contribution in [0.15, 0.2) is 42.5 Å². The highest BCUT2D eigenvalue weighted by atomic mass is 16.5. The van der Waals surface area contributed by atoms with Gasteiger partial charge in [0.05, 0.1) is 24.9 Å². The molecular formula is C22H27NO3. The molecule has 2 atom stereocenters. The molecule has 4 nitrogen and oxygen atoms in total. The molecule has 3 rings (SSSR count). The zero-order valence-corrected chi connectivity index (χ0v) is 16.0. The molecule has 2 aromatic carbocycles. The van der Waals surface area contributed by atoms with Crippen molar-refractivity contribution in [2.45, 2.75) is 39.5 Å². The molecule has 0 radical (unpaired) electrons. The number of rotatable bonds is 4. The minimum absolute atomic E-state index is 0.00728. The van der Waals surface area contributed by atoms with Crippen molar-refractivity contribution in [1.29, 1.82) is 0 Å². The summed E-state index contributed by atoms with van der Waals surface area (Å²) in [7, 11) is 1.42. The van der Waals surface area contributed by atoms with Crippen molar-refractivity contribution < 1.29 is 14.3 Å². The van der Waals surface area contributed by atoms with Crippen LogP contribution in [0.3, 0.4) is 0 Å². The van der Waals surface area contributed by atoms with Crippen LogP contribution in [0.25, 0.3) is 0 Å². The van der Waals surface area contributed by atoms with E-state index in [2.05, 4.69) is 42.2 Å². The number of hydrogen-bond acceptors (Lipinski definition) is 4. The molecule has 0 bridgehead atoms. The fourth-order valence-electron chi connectivity index (χ4n) is 3.70. The van der Waals surface area contributed by atoms with E-state index in [1.807, 2.05) is 26.0 Å². The van der Waals surface area contributed by atoms with Crippen LogP contribution in [-0.2, 0) is 16.0 Å². The fraction of sp³-hybridized carbons (Fsp3) is 0.409. The van der Waals surface area contributed by atoms with Crippen LogP contribution < -0.4 is 0 Å². The van der Waals surface area contributed by atoms with E-state index in [0.29, 0.717) is 5.56 Å². The minimum atomic E-state index is -0.291. The summed E-state index contributed by atoms with van der Waals surface area (Å²) < 4.78 is 11.1. The summed E-state index contributed by atoms with van der Waals surface area (Å²) in [5, 5.41) is 0. The first-order valence-corrected chi connectivity index (χ1v) is 9.09. The highest BCUT2D eigenvalue weighted by Crippen LogP contribution is 2.30. The van der Waals surface area contributed by atoms with Crippen LogP contribution in [0.4, 0.5) is 0 Å². The van der Waals surface area contributed by atoms with E-state index in [0.717, 1.165) is 36.3 Å². The van der Waals surface area contributed by atoms with Crippen LogP contribution in [0.1, 0.15) is 45.6 Å². The lowest BCUT2D eigenvalue weighted by Crippen LogP contribution is -2.42. The summed E-state index contributed by atoms with van der Waals surface area (Å²) in [6, 6.07) is 14.5. The Morgan fingerprint density at radius 3 is 2.58 bits per heavy atom. The summed E-state index contributed by atoms with van der Waals surface area (Å²) in [6.07, 6.45) is 0.172. The van der Waals surface area contributed by atoms with Gasteiger partial charge >= 0.3 is 5.97 Å². The molecule has 0 aromatic heterocycles. The molecule has 0 unspecified atom stereocenters. The van der Waals surface area contributed by atoms with Gasteiger partial charge in [-0.05, 0) is 49.1 Å². The van der Waals surface area contributed by atoms with Crippen LogP contribution >= 0.6 is 0 Å². The summed E-state index contributed by atoms with van der Waals surface area (Å²) in [5.74, 6) is -0.291. The molecule has 1 heterocycles. The average molecular weight is 353 g/mol. The van der Waals surface area contributed by atoms with Crippen molar-refractivity contribution >= 4 is 5.97 Å². The Balaban J connectivity index is 1.82. The van der Waals surface area contributed by atoms with Gasteiger partial charge in [0.15, 0.2) is 0 Å². The zero-order chi connectivity index (χ0) is 18.7. The van der Waals surface area contributed by atoms with E-state index in [9.17, 15) is 4.79 Å². The normalized spacial score (nSPS) is 20.8. The number of aryl methyl sites for hydroxylation is 2. The van der Waals surface area contributed by atoms with E-state index in [1.165, 1.54) is 12.7 Å². The molecule has 1 saturated heterocycles. The number of carbonyl (C=O) groups excluding carboxylic acids is 1. The molecule has 1 aliphatic rings. The number of esters is 1. The minimum Gasteiger partial charge on any atom is -0.465 e. The molecule has 0 spiro atoms. The van der Waals surface area contributed by atoms with Crippen LogP contribution in [0, 0.1) is 13.8 Å². The Labute approximate surface area is 155 Å². The monoisotopic (exact) mass is 353 g/mol. The number of ether oxygens (including phenoxy) is 2. The second-order valence-electron chi connectivity index (χ2n) is 7.13. The van der Waals surface area contributed by atoms with E-state index in [1.54, 1.807) is 0 Å². The third-order valence-electron chi connectivity index (χ3n) is 4.95. The molecule has 0 amide bonds. The SMILES string of the molecule is COC(=O)c1cc(C)c([C@@H]2CN(Cc3ccccc3)C[C@H](C)O2)cc1C. The second kappa shape index (κ2) is 8.02.